The van der Waals surface area contributed by atoms with Crippen LogP contribution in [0.3, 0.4) is 0 Å². The van der Waals surface area contributed by atoms with Crippen LogP contribution in [0.15, 0.2) is 84.2 Å². The molecule has 0 saturated heterocycles. The fraction of sp³-hybridized carbons (Fsp3) is 0.350. The van der Waals surface area contributed by atoms with Gasteiger partial charge < -0.3 is 29.2 Å². The van der Waals surface area contributed by atoms with Gasteiger partial charge in [0.1, 0.15) is 29.0 Å². The van der Waals surface area contributed by atoms with E-state index in [9.17, 15) is 29.1 Å². The van der Waals surface area contributed by atoms with Crippen LogP contribution in [0.5, 0.6) is 0 Å². The molecule has 0 aliphatic heterocycles. The van der Waals surface area contributed by atoms with Crippen molar-refractivity contribution in [3.8, 4) is 10.6 Å². The van der Waals surface area contributed by atoms with Crippen molar-refractivity contribution in [3.63, 3.8) is 0 Å². The van der Waals surface area contributed by atoms with E-state index in [2.05, 4.69) is 15.6 Å². The van der Waals surface area contributed by atoms with Crippen LogP contribution in [0.4, 0.5) is 10.5 Å². The minimum Gasteiger partial charge on any atom is -0.480 e. The van der Waals surface area contributed by atoms with E-state index in [0.717, 1.165) is 33.5 Å². The SMILES string of the molecule is CC(=O)OC[C@H](NC(=O)c1csc(-c2ccc(NC(=O)OC(C)(C)C)cc2Cl)n1)C(=O)N(C)[C@@H](CO[Si](c1ccccc1)(c1ccccc1)C(C)(C)C)C(=O)O. The molecule has 0 aliphatic rings. The van der Waals surface area contributed by atoms with Gasteiger partial charge in [-0.25, -0.2) is 14.6 Å². The van der Waals surface area contributed by atoms with Crippen LogP contribution in [0, 0.1) is 0 Å². The summed E-state index contributed by atoms with van der Waals surface area (Å²) in [6.45, 7) is 11.6. The van der Waals surface area contributed by atoms with Gasteiger partial charge in [-0.05, 0) is 54.4 Å². The number of amides is 3. The first-order valence-corrected chi connectivity index (χ1v) is 20.8. The Balaban J connectivity index is 1.56. The maximum absolute atomic E-state index is 14.0. The molecule has 13 nitrogen and oxygen atoms in total. The van der Waals surface area contributed by atoms with Crippen LogP contribution in [0.25, 0.3) is 10.6 Å². The van der Waals surface area contributed by atoms with Crippen molar-refractivity contribution in [2.45, 2.75) is 71.2 Å². The van der Waals surface area contributed by atoms with E-state index in [1.54, 1.807) is 32.9 Å². The van der Waals surface area contributed by atoms with Crippen molar-refractivity contribution < 1.29 is 43.0 Å². The van der Waals surface area contributed by atoms with Crippen LogP contribution in [-0.4, -0.2) is 91.1 Å². The molecule has 0 bridgehead atoms. The number of likely N-dealkylation sites (N-methyl/N-ethyl adjacent to an activating group) is 1. The number of halogens is 1. The third kappa shape index (κ3) is 10.8. The molecule has 1 aromatic heterocycles. The smallest absolute Gasteiger partial charge is 0.412 e. The predicted molar refractivity (Wildman–Crippen MR) is 218 cm³/mol. The van der Waals surface area contributed by atoms with Crippen LogP contribution in [0.2, 0.25) is 10.1 Å². The normalized spacial score (nSPS) is 12.9. The van der Waals surface area contributed by atoms with Gasteiger partial charge in [-0.2, -0.15) is 0 Å². The number of carbonyl (C=O) groups excluding carboxylic acids is 4. The van der Waals surface area contributed by atoms with Gasteiger partial charge in [0.2, 0.25) is 5.91 Å². The second-order valence-electron chi connectivity index (χ2n) is 15.0. The molecular formula is C40H47ClN4O9SSi. The van der Waals surface area contributed by atoms with E-state index in [1.165, 1.54) is 18.5 Å². The van der Waals surface area contributed by atoms with E-state index in [0.29, 0.717) is 16.3 Å². The summed E-state index contributed by atoms with van der Waals surface area (Å²) in [7, 11) is -1.90. The van der Waals surface area contributed by atoms with Crippen LogP contribution in [-0.2, 0) is 28.3 Å². The fourth-order valence-electron chi connectivity index (χ4n) is 6.01. The Hall–Kier alpha value is -5.09. The Morgan fingerprint density at radius 3 is 2.00 bits per heavy atom. The van der Waals surface area contributed by atoms with Crippen molar-refractivity contribution in [2.24, 2.45) is 0 Å². The molecule has 3 N–H and O–H groups in total. The topological polar surface area (TPSA) is 173 Å². The number of hydrogen-bond acceptors (Lipinski definition) is 10. The summed E-state index contributed by atoms with van der Waals surface area (Å²) in [5, 5.41) is 19.1. The zero-order valence-electron chi connectivity index (χ0n) is 32.5. The summed E-state index contributed by atoms with van der Waals surface area (Å²) in [5.41, 5.74) is 0.101. The number of rotatable bonds is 14. The number of anilines is 1. The average Bonchev–Trinajstić information content (AvgIpc) is 3.61. The van der Waals surface area contributed by atoms with Gasteiger partial charge in [0.25, 0.3) is 14.2 Å². The Labute approximate surface area is 336 Å². The number of carboxylic acids is 1. The zero-order valence-corrected chi connectivity index (χ0v) is 35.1. The number of hydrogen-bond donors (Lipinski definition) is 3. The van der Waals surface area contributed by atoms with E-state index in [4.69, 9.17) is 25.5 Å². The van der Waals surface area contributed by atoms with E-state index in [-0.39, 0.29) is 17.3 Å². The number of esters is 1. The maximum Gasteiger partial charge on any atom is 0.412 e. The number of nitrogens with one attached hydrogen (secondary N) is 2. The minimum absolute atomic E-state index is 0.0647. The molecule has 3 amide bonds. The molecule has 16 heteroatoms. The van der Waals surface area contributed by atoms with Gasteiger partial charge in [0.05, 0.1) is 11.6 Å². The van der Waals surface area contributed by atoms with Crippen molar-refractivity contribution in [1.29, 1.82) is 0 Å². The lowest BCUT2D eigenvalue weighted by atomic mass is 10.2. The summed E-state index contributed by atoms with van der Waals surface area (Å²) < 4.78 is 17.2. The van der Waals surface area contributed by atoms with Gasteiger partial charge in [-0.3, -0.25) is 19.7 Å². The largest absolute Gasteiger partial charge is 0.480 e. The number of aromatic nitrogens is 1. The molecule has 56 heavy (non-hydrogen) atoms. The standard InChI is InChI=1S/C40H47ClN4O9SSi/c1-25(46)52-22-31(43-34(47)32-24-55-35(44-32)29-20-19-26(21-30(29)41)42-38(51)54-39(2,3)4)36(48)45(8)33(37(49)50)23-53-56(40(5,6)7,27-15-11-9-12-16-27)28-17-13-10-14-18-28/h9-21,24,31,33H,22-23H2,1-8H3,(H,42,51)(H,43,47)(H,49,50)/t31-,33-/m0/s1. The summed E-state index contributed by atoms with van der Waals surface area (Å²) >= 11 is 7.63. The molecule has 3 aromatic carbocycles. The number of thiazole rings is 1. The molecule has 2 atom stereocenters. The third-order valence-corrected chi connectivity index (χ3v) is 14.8. The number of nitrogens with zero attached hydrogens (tertiary/aromatic N) is 2. The molecule has 0 radical (unpaired) electrons. The Morgan fingerprint density at radius 1 is 0.911 bits per heavy atom. The number of benzene rings is 3. The number of ether oxygens (including phenoxy) is 2. The monoisotopic (exact) mass is 822 g/mol. The molecule has 0 unspecified atom stereocenters. The molecule has 0 saturated carbocycles. The number of carbonyl (C=O) groups is 5. The van der Waals surface area contributed by atoms with Gasteiger partial charge in [-0.1, -0.05) is 93.0 Å². The van der Waals surface area contributed by atoms with Crippen LogP contribution >= 0.6 is 22.9 Å². The highest BCUT2D eigenvalue weighted by Gasteiger charge is 2.51. The highest BCUT2D eigenvalue weighted by atomic mass is 35.5. The minimum atomic E-state index is -3.20. The molecule has 0 spiro atoms. The maximum atomic E-state index is 14.0. The van der Waals surface area contributed by atoms with Gasteiger partial charge in [0.15, 0.2) is 6.04 Å². The van der Waals surface area contributed by atoms with Crippen LogP contribution in [0.1, 0.15) is 59.0 Å². The van der Waals surface area contributed by atoms with Gasteiger partial charge in [-0.15, -0.1) is 11.3 Å². The highest BCUT2D eigenvalue weighted by molar-refractivity contribution is 7.13. The Morgan fingerprint density at radius 2 is 1.50 bits per heavy atom. The van der Waals surface area contributed by atoms with Gasteiger partial charge in [0, 0.05) is 30.6 Å². The van der Waals surface area contributed by atoms with Crippen molar-refractivity contribution in [3.05, 3.63) is 95.0 Å². The highest BCUT2D eigenvalue weighted by Crippen LogP contribution is 2.37. The third-order valence-electron chi connectivity index (χ3n) is 8.61. The summed E-state index contributed by atoms with van der Waals surface area (Å²) in [5.74, 6) is -3.64. The van der Waals surface area contributed by atoms with E-state index in [1.807, 2.05) is 81.4 Å². The van der Waals surface area contributed by atoms with E-state index < -0.39 is 67.5 Å². The zero-order chi connectivity index (χ0) is 41.4. The first-order chi connectivity index (χ1) is 26.2. The molecule has 4 aromatic rings. The second kappa shape index (κ2) is 18.2. The molecule has 0 aliphatic carbocycles. The average molecular weight is 823 g/mol. The lowest BCUT2D eigenvalue weighted by Gasteiger charge is -2.44. The summed E-state index contributed by atoms with van der Waals surface area (Å²) in [4.78, 5) is 69.8. The van der Waals surface area contributed by atoms with Gasteiger partial charge >= 0.3 is 18.0 Å². The first-order valence-electron chi connectivity index (χ1n) is 17.7. The Bertz CT molecular complexity index is 1990. The number of aliphatic carboxylic acids is 1. The van der Waals surface area contributed by atoms with Crippen molar-refractivity contribution in [1.82, 2.24) is 15.2 Å². The summed E-state index contributed by atoms with van der Waals surface area (Å²) in [6.07, 6.45) is -0.653. The van der Waals surface area contributed by atoms with Crippen molar-refractivity contribution >= 4 is 77.2 Å². The Kier molecular flexibility index (Phi) is 14.2. The molecular weight excluding hydrogens is 776 g/mol. The lowest BCUT2D eigenvalue weighted by molar-refractivity contribution is -0.153. The molecule has 0 fully saturated rings. The molecule has 4 rings (SSSR count). The first kappa shape index (κ1) is 43.6. The predicted octanol–water partition coefficient (Wildman–Crippen LogP) is 5.96. The van der Waals surface area contributed by atoms with Crippen LogP contribution < -0.4 is 21.0 Å². The molecule has 298 valence electrons. The summed E-state index contributed by atoms with van der Waals surface area (Å²) in [6, 6.07) is 21.1. The second-order valence-corrected chi connectivity index (χ2v) is 20.5. The number of carboxylic acid groups (broad SMARTS) is 1. The fourth-order valence-corrected chi connectivity index (χ4v) is 11.7. The lowest BCUT2D eigenvalue weighted by Crippen LogP contribution is -2.68. The van der Waals surface area contributed by atoms with E-state index >= 15 is 0 Å². The van der Waals surface area contributed by atoms with Crippen molar-refractivity contribution in [2.75, 3.05) is 25.6 Å². The quantitative estimate of drug-likeness (QED) is 0.102. The molecule has 1 heterocycles.